The van der Waals surface area contributed by atoms with Crippen LogP contribution in [0.1, 0.15) is 113 Å². The van der Waals surface area contributed by atoms with Gasteiger partial charge in [0.25, 0.3) is 0 Å². The van der Waals surface area contributed by atoms with Gasteiger partial charge in [-0.25, -0.2) is 0 Å². The highest BCUT2D eigenvalue weighted by atomic mass is 16.5. The lowest BCUT2D eigenvalue weighted by Gasteiger charge is -2.62. The Labute approximate surface area is 202 Å². The van der Waals surface area contributed by atoms with Crippen molar-refractivity contribution in [1.29, 1.82) is 0 Å². The monoisotopic (exact) mass is 456 g/mol. The second-order valence-corrected chi connectivity index (χ2v) is 13.5. The maximum Gasteiger partial charge on any atom is 0.305 e. The summed E-state index contributed by atoms with van der Waals surface area (Å²) >= 11 is 0. The molecule has 3 heteroatoms. The average molecular weight is 457 g/mol. The first kappa shape index (κ1) is 25.0. The van der Waals surface area contributed by atoms with E-state index in [0.29, 0.717) is 35.4 Å². The summed E-state index contributed by atoms with van der Waals surface area (Å²) in [4.78, 5) is 24.3. The number of methoxy groups -OCH3 is 1. The summed E-state index contributed by atoms with van der Waals surface area (Å²) < 4.78 is 4.92. The Morgan fingerprint density at radius 2 is 1.67 bits per heavy atom. The number of carbonyl (C=O) groups excluding carboxylic acids is 2. The number of rotatable bonds is 5. The van der Waals surface area contributed by atoms with Gasteiger partial charge in [0, 0.05) is 12.3 Å². The van der Waals surface area contributed by atoms with Gasteiger partial charge in [0.15, 0.2) is 0 Å². The molecule has 0 saturated heterocycles. The first-order valence-electron chi connectivity index (χ1n) is 13.6. The summed E-state index contributed by atoms with van der Waals surface area (Å²) in [7, 11) is 1.50. The highest BCUT2D eigenvalue weighted by molar-refractivity contribution is 5.79. The van der Waals surface area contributed by atoms with Crippen LogP contribution in [0.4, 0.5) is 0 Å². The molecule has 33 heavy (non-hydrogen) atoms. The maximum absolute atomic E-state index is 12.5. The average Bonchev–Trinajstić information content (AvgIpc) is 3.02. The molecule has 0 aromatic rings. The maximum atomic E-state index is 12.5. The van der Waals surface area contributed by atoms with Crippen molar-refractivity contribution in [3.05, 3.63) is 11.1 Å². The lowest BCUT2D eigenvalue weighted by molar-refractivity contribution is -0.141. The Kier molecular flexibility index (Phi) is 6.23. The number of ether oxygens (including phenoxy) is 1. The van der Waals surface area contributed by atoms with Gasteiger partial charge in [-0.15, -0.1) is 0 Å². The molecule has 0 radical (unpaired) electrons. The molecule has 186 valence electrons. The quantitative estimate of drug-likeness (QED) is 0.317. The van der Waals surface area contributed by atoms with Crippen LogP contribution in [-0.2, 0) is 14.3 Å². The molecule has 0 aliphatic heterocycles. The van der Waals surface area contributed by atoms with E-state index < -0.39 is 0 Å². The zero-order valence-corrected chi connectivity index (χ0v) is 22.6. The molecule has 3 nitrogen and oxygen atoms in total. The minimum Gasteiger partial charge on any atom is -0.469 e. The van der Waals surface area contributed by atoms with E-state index in [1.54, 1.807) is 11.1 Å². The molecule has 0 spiro atoms. The van der Waals surface area contributed by atoms with Gasteiger partial charge in [0.1, 0.15) is 5.78 Å². The van der Waals surface area contributed by atoms with Gasteiger partial charge in [-0.2, -0.15) is 0 Å². The van der Waals surface area contributed by atoms with Crippen molar-refractivity contribution in [2.24, 2.45) is 45.3 Å². The van der Waals surface area contributed by atoms with E-state index in [0.717, 1.165) is 12.8 Å². The molecule has 2 saturated carbocycles. The van der Waals surface area contributed by atoms with Crippen molar-refractivity contribution >= 4 is 11.8 Å². The van der Waals surface area contributed by atoms with Crippen molar-refractivity contribution in [2.75, 3.05) is 7.11 Å². The molecule has 0 bridgehead atoms. The van der Waals surface area contributed by atoms with E-state index in [1.165, 1.54) is 52.1 Å². The van der Waals surface area contributed by atoms with E-state index in [9.17, 15) is 9.59 Å². The van der Waals surface area contributed by atoms with Crippen LogP contribution in [-0.4, -0.2) is 18.9 Å². The summed E-state index contributed by atoms with van der Waals surface area (Å²) in [5, 5.41) is 0. The Bertz CT molecular complexity index is 853. The van der Waals surface area contributed by atoms with Crippen molar-refractivity contribution in [2.45, 2.75) is 113 Å². The number of ketones is 1. The fraction of sp³-hybridized carbons (Fsp3) is 0.867. The van der Waals surface area contributed by atoms with Gasteiger partial charge in [-0.1, -0.05) is 52.7 Å². The Balaban J connectivity index is 1.65. The molecule has 4 aliphatic carbocycles. The third-order valence-electron chi connectivity index (χ3n) is 12.1. The number of allylic oxidation sites excluding steroid dienone is 2. The molecule has 0 unspecified atom stereocenters. The van der Waals surface area contributed by atoms with Crippen LogP contribution in [0.5, 0.6) is 0 Å². The van der Waals surface area contributed by atoms with E-state index >= 15 is 0 Å². The van der Waals surface area contributed by atoms with Crippen LogP contribution in [0.25, 0.3) is 0 Å². The highest BCUT2D eigenvalue weighted by Crippen LogP contribution is 2.72. The molecule has 0 aromatic heterocycles. The van der Waals surface area contributed by atoms with Crippen LogP contribution in [0, 0.1) is 45.3 Å². The fourth-order valence-corrected chi connectivity index (χ4v) is 10.0. The number of Topliss-reactive ketones (excluding diaryl/α,β-unsaturated/α-hetero) is 1. The topological polar surface area (TPSA) is 43.4 Å². The first-order chi connectivity index (χ1) is 15.3. The van der Waals surface area contributed by atoms with Crippen LogP contribution in [0.15, 0.2) is 11.1 Å². The molecule has 0 amide bonds. The summed E-state index contributed by atoms with van der Waals surface area (Å²) in [5.74, 6) is 2.37. The number of hydrogen-bond acceptors (Lipinski definition) is 3. The molecule has 7 atom stereocenters. The van der Waals surface area contributed by atoms with Crippen LogP contribution in [0.2, 0.25) is 0 Å². The molecule has 0 heterocycles. The van der Waals surface area contributed by atoms with E-state index in [2.05, 4.69) is 41.5 Å². The lowest BCUT2D eigenvalue weighted by atomic mass is 9.42. The Morgan fingerprint density at radius 3 is 2.30 bits per heavy atom. The first-order valence-corrected chi connectivity index (χ1v) is 13.6. The Morgan fingerprint density at radius 1 is 0.970 bits per heavy atom. The normalized spacial score (nSPS) is 42.7. The summed E-state index contributed by atoms with van der Waals surface area (Å²) in [5.41, 5.74) is 4.52. The van der Waals surface area contributed by atoms with Crippen LogP contribution >= 0.6 is 0 Å². The third kappa shape index (κ3) is 3.49. The summed E-state index contributed by atoms with van der Waals surface area (Å²) in [6.45, 7) is 16.7. The zero-order chi connectivity index (χ0) is 24.4. The second-order valence-electron chi connectivity index (χ2n) is 13.5. The van der Waals surface area contributed by atoms with Gasteiger partial charge in [-0.3, -0.25) is 9.59 Å². The summed E-state index contributed by atoms with van der Waals surface area (Å²) in [6.07, 6.45) is 11.2. The number of hydrogen-bond donors (Lipinski definition) is 0. The van der Waals surface area contributed by atoms with Gasteiger partial charge in [0.05, 0.1) is 7.11 Å². The molecule has 0 N–H and O–H groups in total. The number of esters is 1. The predicted molar refractivity (Wildman–Crippen MR) is 134 cm³/mol. The van der Waals surface area contributed by atoms with Crippen LogP contribution in [0.3, 0.4) is 0 Å². The zero-order valence-electron chi connectivity index (χ0n) is 22.6. The fourth-order valence-electron chi connectivity index (χ4n) is 10.0. The largest absolute Gasteiger partial charge is 0.469 e. The van der Waals surface area contributed by atoms with Gasteiger partial charge >= 0.3 is 5.97 Å². The van der Waals surface area contributed by atoms with Crippen molar-refractivity contribution in [1.82, 2.24) is 0 Å². The van der Waals surface area contributed by atoms with Crippen LogP contribution < -0.4 is 0 Å². The Hall–Kier alpha value is -1.12. The molecular formula is C30H48O3. The van der Waals surface area contributed by atoms with E-state index in [-0.39, 0.29) is 28.1 Å². The van der Waals surface area contributed by atoms with E-state index in [4.69, 9.17) is 4.74 Å². The van der Waals surface area contributed by atoms with Crippen molar-refractivity contribution in [3.8, 4) is 0 Å². The predicted octanol–water partition coefficient (Wildman–Crippen LogP) is 7.53. The lowest BCUT2D eigenvalue weighted by Crippen LogP contribution is -2.54. The molecular weight excluding hydrogens is 408 g/mol. The van der Waals surface area contributed by atoms with Gasteiger partial charge in [-0.05, 0) is 104 Å². The standard InChI is InChI=1S/C30H48O3/c1-19(9-12-26(32)33-8)21-14-17-30(7)24-10-11-25-27(3,4)22(20(2)31)13-16-28(25,5)23(24)15-18-29(21,30)6/h19,21-22,25H,9-18H2,1-8H3/t19-,21+,22-,25+,28-,29+,30-/m1/s1. The molecule has 0 aromatic carbocycles. The summed E-state index contributed by atoms with van der Waals surface area (Å²) in [6, 6.07) is 0. The van der Waals surface area contributed by atoms with E-state index in [1.807, 2.05) is 6.92 Å². The minimum absolute atomic E-state index is 0.0728. The minimum atomic E-state index is -0.0728. The highest BCUT2D eigenvalue weighted by Gasteiger charge is 2.63. The van der Waals surface area contributed by atoms with Crippen molar-refractivity contribution in [3.63, 3.8) is 0 Å². The smallest absolute Gasteiger partial charge is 0.305 e. The van der Waals surface area contributed by atoms with Crippen molar-refractivity contribution < 1.29 is 14.3 Å². The molecule has 2 fully saturated rings. The third-order valence-corrected chi connectivity index (χ3v) is 12.1. The second kappa shape index (κ2) is 8.23. The molecule has 4 rings (SSSR count). The molecule has 4 aliphatic rings. The van der Waals surface area contributed by atoms with Gasteiger partial charge < -0.3 is 4.74 Å². The SMILES string of the molecule is COC(=O)CC[C@@H](C)[C@@H]1CC[C@]2(C)C3=C(CC[C@@]12C)[C@@]1(C)CC[C@H](C(C)=O)C(C)(C)[C@@H]1CC3. The number of carbonyl (C=O) groups is 2. The van der Waals surface area contributed by atoms with Gasteiger partial charge in [0.2, 0.25) is 0 Å². The number of fused-ring (bicyclic) bond motifs is 4.